The van der Waals surface area contributed by atoms with Gasteiger partial charge in [-0.2, -0.15) is 0 Å². The normalized spacial score (nSPS) is 10.1. The Morgan fingerprint density at radius 1 is 1.19 bits per heavy atom. The van der Waals surface area contributed by atoms with E-state index in [0.29, 0.717) is 18.5 Å². The Bertz CT molecular complexity index is 668. The molecule has 2 aromatic rings. The molecule has 0 bridgehead atoms. The van der Waals surface area contributed by atoms with Crippen LogP contribution in [0.2, 0.25) is 0 Å². The van der Waals surface area contributed by atoms with E-state index in [4.69, 9.17) is 5.11 Å². The van der Waals surface area contributed by atoms with Crippen molar-refractivity contribution in [2.45, 2.75) is 13.3 Å². The van der Waals surface area contributed by atoms with Gasteiger partial charge in [0, 0.05) is 18.9 Å². The largest absolute Gasteiger partial charge is 0.478 e. The van der Waals surface area contributed by atoms with E-state index in [1.54, 1.807) is 30.5 Å². The highest BCUT2D eigenvalue weighted by Crippen LogP contribution is 2.06. The molecule has 2 N–H and O–H groups in total. The molecule has 1 aromatic heterocycles. The summed E-state index contributed by atoms with van der Waals surface area (Å²) < 4.78 is 0. The molecule has 0 saturated carbocycles. The third kappa shape index (κ3) is 4.14. The number of rotatable bonds is 5. The molecule has 108 valence electrons. The molecule has 0 fully saturated rings. The van der Waals surface area contributed by atoms with Gasteiger partial charge in [0.1, 0.15) is 0 Å². The van der Waals surface area contributed by atoms with E-state index >= 15 is 0 Å². The number of aromatic nitrogens is 1. The molecule has 2 rings (SSSR count). The summed E-state index contributed by atoms with van der Waals surface area (Å²) in [4.78, 5) is 26.8. The van der Waals surface area contributed by atoms with Crippen molar-refractivity contribution >= 4 is 11.9 Å². The first kappa shape index (κ1) is 14.7. The maximum atomic E-state index is 11.9. The van der Waals surface area contributed by atoms with Gasteiger partial charge in [-0.25, -0.2) is 4.79 Å². The number of hydrogen-bond donors (Lipinski definition) is 2. The number of nitrogens with one attached hydrogen (secondary N) is 1. The Labute approximate surface area is 122 Å². The Morgan fingerprint density at radius 2 is 2.00 bits per heavy atom. The maximum absolute atomic E-state index is 11.9. The van der Waals surface area contributed by atoms with E-state index in [1.807, 2.05) is 13.0 Å². The fourth-order valence-corrected chi connectivity index (χ4v) is 1.96. The lowest BCUT2D eigenvalue weighted by molar-refractivity contribution is 0.0696. The summed E-state index contributed by atoms with van der Waals surface area (Å²) in [5.41, 5.74) is 2.57. The number of aromatic carboxylic acids is 1. The zero-order valence-electron chi connectivity index (χ0n) is 11.7. The minimum absolute atomic E-state index is 0.180. The van der Waals surface area contributed by atoms with Crippen LogP contribution in [0.15, 0.2) is 42.7 Å². The van der Waals surface area contributed by atoms with E-state index in [0.717, 1.165) is 11.1 Å². The quantitative estimate of drug-likeness (QED) is 0.880. The van der Waals surface area contributed by atoms with Crippen LogP contribution in [0.25, 0.3) is 0 Å². The highest BCUT2D eigenvalue weighted by Gasteiger charge is 2.06. The fraction of sp³-hybridized carbons (Fsp3) is 0.188. The van der Waals surface area contributed by atoms with Gasteiger partial charge in [0.15, 0.2) is 0 Å². The minimum atomic E-state index is -0.952. The second kappa shape index (κ2) is 6.65. The number of carbonyl (C=O) groups excluding carboxylic acids is 1. The second-order valence-corrected chi connectivity index (χ2v) is 4.76. The van der Waals surface area contributed by atoms with Gasteiger partial charge in [-0.05, 0) is 42.7 Å². The van der Waals surface area contributed by atoms with Crippen LogP contribution < -0.4 is 5.32 Å². The van der Waals surface area contributed by atoms with Crippen LogP contribution in [0, 0.1) is 6.92 Å². The zero-order chi connectivity index (χ0) is 15.2. The van der Waals surface area contributed by atoms with Gasteiger partial charge < -0.3 is 10.4 Å². The third-order valence-electron chi connectivity index (χ3n) is 3.01. The number of pyridine rings is 1. The Hall–Kier alpha value is -2.69. The maximum Gasteiger partial charge on any atom is 0.335 e. The van der Waals surface area contributed by atoms with Crippen molar-refractivity contribution in [3.63, 3.8) is 0 Å². The van der Waals surface area contributed by atoms with Crippen molar-refractivity contribution in [1.82, 2.24) is 10.3 Å². The van der Waals surface area contributed by atoms with Crippen LogP contribution in [-0.4, -0.2) is 28.5 Å². The van der Waals surface area contributed by atoms with Gasteiger partial charge in [-0.3, -0.25) is 9.78 Å². The summed E-state index contributed by atoms with van der Waals surface area (Å²) in [6.45, 7) is 2.32. The SMILES string of the molecule is Cc1cncc(C(=O)NCCc2cccc(C(=O)O)c2)c1. The van der Waals surface area contributed by atoms with Gasteiger partial charge in [-0.1, -0.05) is 12.1 Å². The molecule has 0 aliphatic carbocycles. The van der Waals surface area contributed by atoms with Crippen molar-refractivity contribution in [3.05, 3.63) is 65.0 Å². The average Bonchev–Trinajstić information content (AvgIpc) is 2.47. The number of hydrogen-bond acceptors (Lipinski definition) is 3. The number of nitrogens with zero attached hydrogens (tertiary/aromatic N) is 1. The molecule has 21 heavy (non-hydrogen) atoms. The highest BCUT2D eigenvalue weighted by molar-refractivity contribution is 5.94. The lowest BCUT2D eigenvalue weighted by Crippen LogP contribution is -2.25. The van der Waals surface area contributed by atoms with Gasteiger partial charge in [-0.15, -0.1) is 0 Å². The Morgan fingerprint density at radius 3 is 2.71 bits per heavy atom. The van der Waals surface area contributed by atoms with Crippen LogP contribution in [0.1, 0.15) is 31.8 Å². The fourth-order valence-electron chi connectivity index (χ4n) is 1.96. The second-order valence-electron chi connectivity index (χ2n) is 4.76. The van der Waals surface area contributed by atoms with Crippen molar-refractivity contribution in [1.29, 1.82) is 0 Å². The average molecular weight is 284 g/mol. The van der Waals surface area contributed by atoms with E-state index in [-0.39, 0.29) is 11.5 Å². The van der Waals surface area contributed by atoms with Crippen LogP contribution >= 0.6 is 0 Å². The van der Waals surface area contributed by atoms with E-state index in [9.17, 15) is 9.59 Å². The van der Waals surface area contributed by atoms with Crippen LogP contribution in [-0.2, 0) is 6.42 Å². The summed E-state index contributed by atoms with van der Waals surface area (Å²) in [6, 6.07) is 8.47. The number of carboxylic acids is 1. The van der Waals surface area contributed by atoms with E-state index < -0.39 is 5.97 Å². The summed E-state index contributed by atoms with van der Waals surface area (Å²) in [6.07, 6.45) is 3.79. The summed E-state index contributed by atoms with van der Waals surface area (Å²) in [5.74, 6) is -1.13. The number of benzene rings is 1. The number of carbonyl (C=O) groups is 2. The first-order valence-electron chi connectivity index (χ1n) is 6.58. The first-order chi connectivity index (χ1) is 10.1. The number of carboxylic acid groups (broad SMARTS) is 1. The van der Waals surface area contributed by atoms with Gasteiger partial charge in [0.2, 0.25) is 0 Å². The molecule has 5 nitrogen and oxygen atoms in total. The predicted octanol–water partition coefficient (Wildman–Crippen LogP) is 2.06. The van der Waals surface area contributed by atoms with Crippen molar-refractivity contribution in [2.75, 3.05) is 6.54 Å². The standard InChI is InChI=1S/C16H16N2O3/c1-11-7-14(10-17-9-11)15(19)18-6-5-12-3-2-4-13(8-12)16(20)21/h2-4,7-10H,5-6H2,1H3,(H,18,19)(H,20,21). The van der Waals surface area contributed by atoms with E-state index in [2.05, 4.69) is 10.3 Å². The predicted molar refractivity (Wildman–Crippen MR) is 78.4 cm³/mol. The molecule has 0 radical (unpaired) electrons. The third-order valence-corrected chi connectivity index (χ3v) is 3.01. The highest BCUT2D eigenvalue weighted by atomic mass is 16.4. The van der Waals surface area contributed by atoms with E-state index in [1.165, 1.54) is 6.20 Å². The summed E-state index contributed by atoms with van der Waals surface area (Å²) in [5, 5.41) is 11.7. The van der Waals surface area contributed by atoms with Crippen molar-refractivity contribution < 1.29 is 14.7 Å². The van der Waals surface area contributed by atoms with Gasteiger partial charge >= 0.3 is 5.97 Å². The topological polar surface area (TPSA) is 79.3 Å². The smallest absolute Gasteiger partial charge is 0.335 e. The van der Waals surface area contributed by atoms with Crippen molar-refractivity contribution in [2.24, 2.45) is 0 Å². The van der Waals surface area contributed by atoms with Crippen LogP contribution in [0.5, 0.6) is 0 Å². The van der Waals surface area contributed by atoms with Gasteiger partial charge in [0.25, 0.3) is 5.91 Å². The molecule has 1 aromatic carbocycles. The van der Waals surface area contributed by atoms with Gasteiger partial charge in [0.05, 0.1) is 11.1 Å². The Balaban J connectivity index is 1.91. The Kier molecular flexibility index (Phi) is 4.66. The number of aryl methyl sites for hydroxylation is 1. The summed E-state index contributed by atoms with van der Waals surface area (Å²) in [7, 11) is 0. The number of amides is 1. The molecule has 0 atom stereocenters. The van der Waals surface area contributed by atoms with Crippen LogP contribution in [0.3, 0.4) is 0 Å². The van der Waals surface area contributed by atoms with Crippen molar-refractivity contribution in [3.8, 4) is 0 Å². The molecular formula is C16H16N2O3. The molecule has 0 unspecified atom stereocenters. The molecule has 1 heterocycles. The molecule has 0 spiro atoms. The minimum Gasteiger partial charge on any atom is -0.478 e. The molecular weight excluding hydrogens is 268 g/mol. The molecule has 0 saturated heterocycles. The van der Waals surface area contributed by atoms with Crippen LogP contribution in [0.4, 0.5) is 0 Å². The first-order valence-corrected chi connectivity index (χ1v) is 6.58. The zero-order valence-corrected chi connectivity index (χ0v) is 11.7. The molecule has 5 heteroatoms. The summed E-state index contributed by atoms with van der Waals surface area (Å²) >= 11 is 0. The molecule has 0 aliphatic heterocycles. The lowest BCUT2D eigenvalue weighted by Gasteiger charge is -2.06. The molecule has 1 amide bonds. The monoisotopic (exact) mass is 284 g/mol. The lowest BCUT2D eigenvalue weighted by atomic mass is 10.1. The molecule has 0 aliphatic rings.